The van der Waals surface area contributed by atoms with Crippen molar-refractivity contribution in [1.29, 1.82) is 0 Å². The third kappa shape index (κ3) is 5.07. The number of benzene rings is 9. The molecule has 0 amide bonds. The number of aromatic nitrogens is 4. The standard InChI is InChI=1S/C53H32N4O/c1-3-15-34(16-4-1)51-54-52(35-17-5-2-6-18-35)56-53(55-51)38-27-29-45(43(31-38)40-23-13-25-48-49(40)42-22-11-12-24-47(42)58-48)57-46-32-37-20-8-7-19-36(37)30-44(46)41-28-26-33-14-9-10-21-39(33)50(41)57/h1-32H. The molecular weight excluding hydrogens is 709 g/mol. The highest BCUT2D eigenvalue weighted by Crippen LogP contribution is 2.44. The van der Waals surface area contributed by atoms with Gasteiger partial charge in [0.15, 0.2) is 17.5 Å². The summed E-state index contributed by atoms with van der Waals surface area (Å²) in [6.45, 7) is 0. The van der Waals surface area contributed by atoms with E-state index < -0.39 is 0 Å². The Labute approximate surface area is 333 Å². The van der Waals surface area contributed by atoms with Crippen LogP contribution in [-0.2, 0) is 0 Å². The van der Waals surface area contributed by atoms with Gasteiger partial charge in [-0.25, -0.2) is 15.0 Å². The Kier molecular flexibility index (Phi) is 7.16. The molecule has 0 aliphatic rings. The van der Waals surface area contributed by atoms with Gasteiger partial charge in [-0.1, -0.05) is 152 Å². The lowest BCUT2D eigenvalue weighted by molar-refractivity contribution is 0.669. The Morgan fingerprint density at radius 1 is 0.362 bits per heavy atom. The van der Waals surface area contributed by atoms with Crippen LogP contribution in [0.5, 0.6) is 0 Å². The Balaban J connectivity index is 1.21. The SMILES string of the molecule is c1ccc(-c2nc(-c3ccccc3)nc(-c3ccc(-n4c5cc6ccccc6cc5c5ccc6ccccc6c54)c(-c4cccc5oc6ccccc6c45)c3)n2)cc1. The van der Waals surface area contributed by atoms with Crippen molar-refractivity contribution in [3.63, 3.8) is 0 Å². The number of hydrogen-bond acceptors (Lipinski definition) is 4. The van der Waals surface area contributed by atoms with E-state index in [1.807, 2.05) is 72.8 Å². The van der Waals surface area contributed by atoms with Crippen molar-refractivity contribution in [1.82, 2.24) is 19.5 Å². The number of fused-ring (bicyclic) bond motifs is 9. The molecule has 3 aromatic heterocycles. The van der Waals surface area contributed by atoms with Gasteiger partial charge in [0, 0.05) is 49.2 Å². The Bertz CT molecular complexity index is 3510. The molecule has 3 heterocycles. The largest absolute Gasteiger partial charge is 0.456 e. The minimum absolute atomic E-state index is 0.600. The molecule has 5 nitrogen and oxygen atoms in total. The van der Waals surface area contributed by atoms with E-state index in [0.717, 1.165) is 61.0 Å². The van der Waals surface area contributed by atoms with Crippen molar-refractivity contribution in [2.24, 2.45) is 0 Å². The number of furan rings is 1. The van der Waals surface area contributed by atoms with Gasteiger partial charge in [0.2, 0.25) is 0 Å². The second-order valence-corrected chi connectivity index (χ2v) is 14.8. The van der Waals surface area contributed by atoms with E-state index in [-0.39, 0.29) is 0 Å². The molecule has 12 rings (SSSR count). The summed E-state index contributed by atoms with van der Waals surface area (Å²) in [7, 11) is 0. The van der Waals surface area contributed by atoms with Crippen molar-refractivity contribution in [3.05, 3.63) is 194 Å². The maximum atomic E-state index is 6.50. The third-order valence-electron chi connectivity index (χ3n) is 11.4. The number of rotatable bonds is 5. The van der Waals surface area contributed by atoms with Crippen LogP contribution in [0.4, 0.5) is 0 Å². The Morgan fingerprint density at radius 2 is 0.966 bits per heavy atom. The summed E-state index contributed by atoms with van der Waals surface area (Å²) < 4.78 is 8.97. The van der Waals surface area contributed by atoms with Gasteiger partial charge in [-0.2, -0.15) is 0 Å². The van der Waals surface area contributed by atoms with Gasteiger partial charge in [0.05, 0.1) is 16.7 Å². The maximum Gasteiger partial charge on any atom is 0.164 e. The van der Waals surface area contributed by atoms with Crippen LogP contribution in [-0.4, -0.2) is 19.5 Å². The van der Waals surface area contributed by atoms with E-state index in [9.17, 15) is 0 Å². The van der Waals surface area contributed by atoms with Gasteiger partial charge in [-0.05, 0) is 64.2 Å². The second-order valence-electron chi connectivity index (χ2n) is 14.8. The zero-order valence-corrected chi connectivity index (χ0v) is 31.2. The minimum atomic E-state index is 0.600. The third-order valence-corrected chi connectivity index (χ3v) is 11.4. The summed E-state index contributed by atoms with van der Waals surface area (Å²) >= 11 is 0. The maximum absolute atomic E-state index is 6.50. The topological polar surface area (TPSA) is 56.7 Å². The molecule has 5 heteroatoms. The lowest BCUT2D eigenvalue weighted by atomic mass is 9.95. The highest BCUT2D eigenvalue weighted by molar-refractivity contribution is 6.21. The molecule has 0 N–H and O–H groups in total. The fourth-order valence-corrected chi connectivity index (χ4v) is 8.74. The lowest BCUT2D eigenvalue weighted by Crippen LogP contribution is -2.02. The van der Waals surface area contributed by atoms with Gasteiger partial charge in [-0.15, -0.1) is 0 Å². The van der Waals surface area contributed by atoms with Gasteiger partial charge in [-0.3, -0.25) is 0 Å². The van der Waals surface area contributed by atoms with Crippen molar-refractivity contribution >= 4 is 65.3 Å². The fraction of sp³-hybridized carbons (Fsp3) is 0. The van der Waals surface area contributed by atoms with Crippen LogP contribution in [0.2, 0.25) is 0 Å². The average Bonchev–Trinajstić information content (AvgIpc) is 3.84. The van der Waals surface area contributed by atoms with Crippen LogP contribution in [0.25, 0.3) is 116 Å². The highest BCUT2D eigenvalue weighted by atomic mass is 16.3. The highest BCUT2D eigenvalue weighted by Gasteiger charge is 2.23. The molecule has 0 spiro atoms. The molecule has 0 atom stereocenters. The summed E-state index contributed by atoms with van der Waals surface area (Å²) in [4.78, 5) is 15.3. The summed E-state index contributed by atoms with van der Waals surface area (Å²) in [6, 6.07) is 68.1. The van der Waals surface area contributed by atoms with E-state index in [1.54, 1.807) is 0 Å². The van der Waals surface area contributed by atoms with Crippen LogP contribution in [0, 0.1) is 0 Å². The Morgan fingerprint density at radius 3 is 1.71 bits per heavy atom. The first-order chi connectivity index (χ1) is 28.7. The molecule has 0 aliphatic carbocycles. The van der Waals surface area contributed by atoms with Crippen molar-refractivity contribution < 1.29 is 4.42 Å². The number of hydrogen-bond donors (Lipinski definition) is 0. The predicted molar refractivity (Wildman–Crippen MR) is 238 cm³/mol. The van der Waals surface area contributed by atoms with E-state index in [1.165, 1.54) is 37.8 Å². The van der Waals surface area contributed by atoms with Crippen LogP contribution in [0.3, 0.4) is 0 Å². The van der Waals surface area contributed by atoms with E-state index >= 15 is 0 Å². The van der Waals surface area contributed by atoms with Crippen LogP contribution < -0.4 is 0 Å². The summed E-state index contributed by atoms with van der Waals surface area (Å²) in [5, 5.41) is 9.34. The summed E-state index contributed by atoms with van der Waals surface area (Å²) in [6.07, 6.45) is 0. The first-order valence-electron chi connectivity index (χ1n) is 19.5. The minimum Gasteiger partial charge on any atom is -0.456 e. The molecule has 0 saturated carbocycles. The van der Waals surface area contributed by atoms with Crippen LogP contribution in [0.15, 0.2) is 199 Å². The van der Waals surface area contributed by atoms with E-state index in [0.29, 0.717) is 17.5 Å². The van der Waals surface area contributed by atoms with Crippen molar-refractivity contribution in [3.8, 4) is 51.0 Å². The zero-order chi connectivity index (χ0) is 38.2. The molecule has 9 aromatic carbocycles. The summed E-state index contributed by atoms with van der Waals surface area (Å²) in [5.74, 6) is 1.85. The second kappa shape index (κ2) is 12.8. The zero-order valence-electron chi connectivity index (χ0n) is 31.2. The van der Waals surface area contributed by atoms with Crippen molar-refractivity contribution in [2.45, 2.75) is 0 Å². The van der Waals surface area contributed by atoms with Gasteiger partial charge < -0.3 is 8.98 Å². The normalized spacial score (nSPS) is 11.8. The fourth-order valence-electron chi connectivity index (χ4n) is 8.74. The first kappa shape index (κ1) is 32.4. The van der Waals surface area contributed by atoms with E-state index in [2.05, 4.69) is 126 Å². The summed E-state index contributed by atoms with van der Waals surface area (Å²) in [5.41, 5.74) is 9.90. The van der Waals surface area contributed by atoms with Gasteiger partial charge in [0.1, 0.15) is 11.2 Å². The number of para-hydroxylation sites is 1. The van der Waals surface area contributed by atoms with Crippen LogP contribution >= 0.6 is 0 Å². The molecule has 0 fully saturated rings. The van der Waals surface area contributed by atoms with Crippen LogP contribution in [0.1, 0.15) is 0 Å². The quantitative estimate of drug-likeness (QED) is 0.176. The Hall–Kier alpha value is -7.89. The van der Waals surface area contributed by atoms with Crippen molar-refractivity contribution in [2.75, 3.05) is 0 Å². The molecule has 0 unspecified atom stereocenters. The molecule has 0 radical (unpaired) electrons. The monoisotopic (exact) mass is 740 g/mol. The first-order valence-corrected chi connectivity index (χ1v) is 19.5. The molecule has 0 saturated heterocycles. The molecule has 0 bridgehead atoms. The number of nitrogens with zero attached hydrogens (tertiary/aromatic N) is 4. The molecule has 0 aliphatic heterocycles. The molecule has 270 valence electrons. The average molecular weight is 741 g/mol. The lowest BCUT2D eigenvalue weighted by Gasteiger charge is -2.18. The van der Waals surface area contributed by atoms with E-state index in [4.69, 9.17) is 19.4 Å². The molecule has 58 heavy (non-hydrogen) atoms. The molecular formula is C53H32N4O. The molecule has 12 aromatic rings. The van der Waals surface area contributed by atoms with Gasteiger partial charge in [0.25, 0.3) is 0 Å². The van der Waals surface area contributed by atoms with Gasteiger partial charge >= 0.3 is 0 Å². The smallest absolute Gasteiger partial charge is 0.164 e. The predicted octanol–water partition coefficient (Wildman–Crippen LogP) is 13.8.